The molecule has 2 aromatic heterocycles. The number of nitrogens with one attached hydrogen (secondary N) is 3. The van der Waals surface area contributed by atoms with Gasteiger partial charge in [0.2, 0.25) is 0 Å². The average molecular weight is 349 g/mol. The van der Waals surface area contributed by atoms with Crippen LogP contribution in [-0.4, -0.2) is 34.2 Å². The molecule has 1 aromatic carbocycles. The number of anilines is 1. The van der Waals surface area contributed by atoms with Gasteiger partial charge in [0.15, 0.2) is 0 Å². The molecule has 3 N–H and O–H groups in total. The lowest BCUT2D eigenvalue weighted by atomic mass is 10.0. The number of amides is 1. The Morgan fingerprint density at radius 2 is 1.92 bits per heavy atom. The van der Waals surface area contributed by atoms with Gasteiger partial charge in [0, 0.05) is 42.3 Å². The second-order valence-electron chi connectivity index (χ2n) is 6.16. The molecule has 0 unspecified atom stereocenters. The summed E-state index contributed by atoms with van der Waals surface area (Å²) >= 11 is 0. The van der Waals surface area contributed by atoms with Crippen LogP contribution in [0.1, 0.15) is 28.2 Å². The summed E-state index contributed by atoms with van der Waals surface area (Å²) in [7, 11) is 0. The molecule has 26 heavy (non-hydrogen) atoms. The molecule has 0 saturated carbocycles. The maximum Gasteiger partial charge on any atom is 0.251 e. The molecule has 3 rings (SSSR count). The minimum atomic E-state index is -0.0569. The van der Waals surface area contributed by atoms with Crippen molar-refractivity contribution >= 4 is 11.6 Å². The van der Waals surface area contributed by atoms with Gasteiger partial charge in [-0.2, -0.15) is 5.10 Å². The fraction of sp³-hybridized carbons (Fsp3) is 0.250. The highest BCUT2D eigenvalue weighted by Gasteiger charge is 2.10. The number of aromatic amines is 1. The predicted octanol–water partition coefficient (Wildman–Crippen LogP) is 3.32. The van der Waals surface area contributed by atoms with Crippen molar-refractivity contribution in [1.29, 1.82) is 0 Å². The van der Waals surface area contributed by atoms with Crippen molar-refractivity contribution in [1.82, 2.24) is 20.5 Å². The van der Waals surface area contributed by atoms with Gasteiger partial charge in [-0.05, 0) is 50.1 Å². The van der Waals surface area contributed by atoms with Crippen molar-refractivity contribution in [3.63, 3.8) is 0 Å². The number of H-pyrrole nitrogens is 1. The first-order valence-electron chi connectivity index (χ1n) is 8.69. The zero-order chi connectivity index (χ0) is 18.4. The summed E-state index contributed by atoms with van der Waals surface area (Å²) in [6.45, 7) is 5.37. The van der Waals surface area contributed by atoms with Gasteiger partial charge in [-0.1, -0.05) is 12.1 Å². The largest absolute Gasteiger partial charge is 0.384 e. The number of carbonyl (C=O) groups excluding carboxylic acids is 1. The fourth-order valence-electron chi connectivity index (χ4n) is 2.86. The van der Waals surface area contributed by atoms with Gasteiger partial charge in [0.1, 0.15) is 0 Å². The van der Waals surface area contributed by atoms with Crippen LogP contribution in [0.2, 0.25) is 0 Å². The van der Waals surface area contributed by atoms with E-state index in [0.717, 1.165) is 41.2 Å². The molecule has 0 aliphatic rings. The van der Waals surface area contributed by atoms with Crippen molar-refractivity contribution in [2.24, 2.45) is 0 Å². The van der Waals surface area contributed by atoms with Gasteiger partial charge in [0.05, 0.1) is 11.4 Å². The summed E-state index contributed by atoms with van der Waals surface area (Å²) in [5.41, 5.74) is 5.79. The van der Waals surface area contributed by atoms with Crippen molar-refractivity contribution in [2.75, 3.05) is 18.4 Å². The lowest BCUT2D eigenvalue weighted by Gasteiger charge is -2.08. The Balaban J connectivity index is 1.48. The third-order valence-electron chi connectivity index (χ3n) is 4.19. The van der Waals surface area contributed by atoms with Crippen LogP contribution >= 0.6 is 0 Å². The van der Waals surface area contributed by atoms with E-state index in [2.05, 4.69) is 25.8 Å². The number of rotatable bonds is 7. The number of hydrogen-bond donors (Lipinski definition) is 3. The van der Waals surface area contributed by atoms with Gasteiger partial charge >= 0.3 is 0 Å². The topological polar surface area (TPSA) is 82.7 Å². The molecule has 6 nitrogen and oxygen atoms in total. The van der Waals surface area contributed by atoms with E-state index in [1.54, 1.807) is 12.4 Å². The van der Waals surface area contributed by atoms with E-state index >= 15 is 0 Å². The maximum absolute atomic E-state index is 12.2. The van der Waals surface area contributed by atoms with E-state index in [-0.39, 0.29) is 5.91 Å². The Hall–Kier alpha value is -3.15. The second kappa shape index (κ2) is 8.29. The van der Waals surface area contributed by atoms with E-state index in [9.17, 15) is 4.79 Å². The standard InChI is InChI=1S/C20H23N5O/c1-14-19(15(2)25-24-14)16-6-8-17(9-7-16)20(26)23-12-4-11-22-18-5-3-10-21-13-18/h3,5-10,13,22H,4,11-12H2,1-2H3,(H,23,26)(H,24,25). The van der Waals surface area contributed by atoms with Crippen LogP contribution in [0.25, 0.3) is 11.1 Å². The zero-order valence-corrected chi connectivity index (χ0v) is 15.0. The van der Waals surface area contributed by atoms with E-state index in [1.807, 2.05) is 50.2 Å². The lowest BCUT2D eigenvalue weighted by molar-refractivity contribution is 0.0953. The zero-order valence-electron chi connectivity index (χ0n) is 15.0. The van der Waals surface area contributed by atoms with Gasteiger partial charge in [-0.3, -0.25) is 14.9 Å². The molecule has 2 heterocycles. The second-order valence-corrected chi connectivity index (χ2v) is 6.16. The van der Waals surface area contributed by atoms with Crippen molar-refractivity contribution in [2.45, 2.75) is 20.3 Å². The fourth-order valence-corrected chi connectivity index (χ4v) is 2.86. The van der Waals surface area contributed by atoms with Gasteiger partial charge in [-0.25, -0.2) is 0 Å². The van der Waals surface area contributed by atoms with E-state index < -0.39 is 0 Å². The highest BCUT2D eigenvalue weighted by atomic mass is 16.1. The first-order valence-corrected chi connectivity index (χ1v) is 8.69. The van der Waals surface area contributed by atoms with E-state index in [0.29, 0.717) is 12.1 Å². The predicted molar refractivity (Wildman–Crippen MR) is 103 cm³/mol. The Labute approximate surface area is 153 Å². The molecule has 6 heteroatoms. The number of carbonyl (C=O) groups is 1. The number of hydrogen-bond acceptors (Lipinski definition) is 4. The molecule has 0 radical (unpaired) electrons. The van der Waals surface area contributed by atoms with Crippen LogP contribution in [0.15, 0.2) is 48.8 Å². The molecule has 0 bridgehead atoms. The van der Waals surface area contributed by atoms with Crippen LogP contribution in [0.3, 0.4) is 0 Å². The molecule has 0 aliphatic carbocycles. The number of aryl methyl sites for hydroxylation is 2. The molecule has 0 fully saturated rings. The number of benzene rings is 1. The molecule has 0 saturated heterocycles. The lowest BCUT2D eigenvalue weighted by Crippen LogP contribution is -2.25. The van der Waals surface area contributed by atoms with Crippen LogP contribution < -0.4 is 10.6 Å². The van der Waals surface area contributed by atoms with Gasteiger partial charge in [-0.15, -0.1) is 0 Å². The molecule has 3 aromatic rings. The number of aromatic nitrogens is 3. The molecular weight excluding hydrogens is 326 g/mol. The average Bonchev–Trinajstić information content (AvgIpc) is 3.00. The Kier molecular flexibility index (Phi) is 5.63. The minimum Gasteiger partial charge on any atom is -0.384 e. The summed E-state index contributed by atoms with van der Waals surface area (Å²) in [5, 5.41) is 13.4. The van der Waals surface area contributed by atoms with E-state index in [1.165, 1.54) is 0 Å². The SMILES string of the molecule is Cc1n[nH]c(C)c1-c1ccc(C(=O)NCCCNc2cccnc2)cc1. The Morgan fingerprint density at radius 1 is 1.12 bits per heavy atom. The minimum absolute atomic E-state index is 0.0569. The van der Waals surface area contributed by atoms with Gasteiger partial charge < -0.3 is 10.6 Å². The third-order valence-corrected chi connectivity index (χ3v) is 4.19. The van der Waals surface area contributed by atoms with Gasteiger partial charge in [0.25, 0.3) is 5.91 Å². The highest BCUT2D eigenvalue weighted by molar-refractivity contribution is 5.94. The van der Waals surface area contributed by atoms with E-state index in [4.69, 9.17) is 0 Å². The summed E-state index contributed by atoms with van der Waals surface area (Å²) < 4.78 is 0. The molecule has 1 amide bonds. The quantitative estimate of drug-likeness (QED) is 0.572. The normalized spacial score (nSPS) is 10.5. The molecule has 134 valence electrons. The Bertz CT molecular complexity index is 836. The summed E-state index contributed by atoms with van der Waals surface area (Å²) in [6, 6.07) is 11.5. The summed E-state index contributed by atoms with van der Waals surface area (Å²) in [6.07, 6.45) is 4.36. The summed E-state index contributed by atoms with van der Waals surface area (Å²) in [4.78, 5) is 16.3. The first kappa shape index (κ1) is 17.7. The highest BCUT2D eigenvalue weighted by Crippen LogP contribution is 2.25. The Morgan fingerprint density at radius 3 is 2.58 bits per heavy atom. The van der Waals surface area contributed by atoms with Crippen LogP contribution in [0.5, 0.6) is 0 Å². The summed E-state index contributed by atoms with van der Waals surface area (Å²) in [5.74, 6) is -0.0569. The molecular formula is C20H23N5O. The molecule has 0 atom stereocenters. The number of pyridine rings is 1. The maximum atomic E-state index is 12.2. The molecule has 0 aliphatic heterocycles. The smallest absolute Gasteiger partial charge is 0.251 e. The van der Waals surface area contributed by atoms with Crippen LogP contribution in [-0.2, 0) is 0 Å². The third kappa shape index (κ3) is 4.27. The number of nitrogens with zero attached hydrogens (tertiary/aromatic N) is 2. The van der Waals surface area contributed by atoms with Crippen LogP contribution in [0, 0.1) is 13.8 Å². The van der Waals surface area contributed by atoms with Crippen LogP contribution in [0.4, 0.5) is 5.69 Å². The first-order chi connectivity index (χ1) is 12.6. The van der Waals surface area contributed by atoms with Crippen molar-refractivity contribution in [3.05, 3.63) is 65.7 Å². The van der Waals surface area contributed by atoms with Crippen molar-refractivity contribution < 1.29 is 4.79 Å². The molecule has 0 spiro atoms. The monoisotopic (exact) mass is 349 g/mol. The van der Waals surface area contributed by atoms with Crippen molar-refractivity contribution in [3.8, 4) is 11.1 Å².